The molecule has 0 saturated carbocycles. The number of nitrogens with zero attached hydrogens (tertiary/aromatic N) is 2. The number of fused-ring (bicyclic) bond motifs is 1. The zero-order valence-electron chi connectivity index (χ0n) is 12.9. The summed E-state index contributed by atoms with van der Waals surface area (Å²) in [6.07, 6.45) is 4.17. The quantitative estimate of drug-likeness (QED) is 0.836. The zero-order valence-corrected chi connectivity index (χ0v) is 12.9. The molecule has 1 atom stereocenters. The maximum Gasteiger partial charge on any atom is 0.305 e. The van der Waals surface area contributed by atoms with E-state index in [1.807, 2.05) is 18.7 Å². The SMILES string of the molecule is COC(=O)CCCC(=O)NC1CCCc2c1c(C)nn2C. The number of rotatable bonds is 5. The molecule has 1 aliphatic rings. The lowest BCUT2D eigenvalue weighted by molar-refractivity contribution is -0.140. The molecular weight excluding hydrogens is 270 g/mol. The summed E-state index contributed by atoms with van der Waals surface area (Å²) in [7, 11) is 3.31. The highest BCUT2D eigenvalue weighted by atomic mass is 16.5. The van der Waals surface area contributed by atoms with Gasteiger partial charge in [0.2, 0.25) is 5.91 Å². The molecular formula is C15H23N3O3. The topological polar surface area (TPSA) is 73.2 Å². The number of hydrogen-bond acceptors (Lipinski definition) is 4. The maximum absolute atomic E-state index is 12.0. The van der Waals surface area contributed by atoms with Gasteiger partial charge in [-0.2, -0.15) is 5.10 Å². The van der Waals surface area contributed by atoms with Crippen molar-refractivity contribution in [3.8, 4) is 0 Å². The van der Waals surface area contributed by atoms with Crippen LogP contribution in [-0.2, 0) is 27.8 Å². The lowest BCUT2D eigenvalue weighted by atomic mass is 9.91. The smallest absolute Gasteiger partial charge is 0.305 e. The van der Waals surface area contributed by atoms with Gasteiger partial charge in [-0.1, -0.05) is 0 Å². The second-order valence-corrected chi connectivity index (χ2v) is 5.51. The number of esters is 1. The van der Waals surface area contributed by atoms with E-state index in [9.17, 15) is 9.59 Å². The number of nitrogens with one attached hydrogen (secondary N) is 1. The minimum absolute atomic E-state index is 0.0139. The summed E-state index contributed by atoms with van der Waals surface area (Å²) in [6, 6.07) is 0.0491. The van der Waals surface area contributed by atoms with E-state index in [0.29, 0.717) is 12.8 Å². The van der Waals surface area contributed by atoms with Crippen molar-refractivity contribution in [2.75, 3.05) is 7.11 Å². The second-order valence-electron chi connectivity index (χ2n) is 5.51. The van der Waals surface area contributed by atoms with E-state index in [0.717, 1.165) is 25.0 Å². The highest BCUT2D eigenvalue weighted by Crippen LogP contribution is 2.31. The van der Waals surface area contributed by atoms with Crippen LogP contribution in [0.2, 0.25) is 0 Å². The van der Waals surface area contributed by atoms with Crippen molar-refractivity contribution in [2.45, 2.75) is 51.5 Å². The van der Waals surface area contributed by atoms with Crippen molar-refractivity contribution in [1.82, 2.24) is 15.1 Å². The molecule has 1 N–H and O–H groups in total. The van der Waals surface area contributed by atoms with Crippen LogP contribution in [0.3, 0.4) is 0 Å². The number of hydrogen-bond donors (Lipinski definition) is 1. The number of carbonyl (C=O) groups excluding carboxylic acids is 2. The van der Waals surface area contributed by atoms with Crippen LogP contribution < -0.4 is 5.32 Å². The van der Waals surface area contributed by atoms with E-state index in [-0.39, 0.29) is 24.3 Å². The van der Waals surface area contributed by atoms with Crippen molar-refractivity contribution in [3.63, 3.8) is 0 Å². The molecule has 0 aromatic carbocycles. The highest BCUT2D eigenvalue weighted by Gasteiger charge is 2.27. The Bertz CT molecular complexity index is 537. The van der Waals surface area contributed by atoms with Crippen LogP contribution in [0, 0.1) is 6.92 Å². The molecule has 1 aromatic rings. The largest absolute Gasteiger partial charge is 0.469 e. The predicted molar refractivity (Wildman–Crippen MR) is 77.6 cm³/mol. The average Bonchev–Trinajstić information content (AvgIpc) is 2.75. The molecule has 0 spiro atoms. The molecule has 2 rings (SSSR count). The third-order valence-electron chi connectivity index (χ3n) is 3.99. The number of ether oxygens (including phenoxy) is 1. The molecule has 116 valence electrons. The standard InChI is InChI=1S/C15H23N3O3/c1-10-15-11(6-4-7-12(15)18(2)17-10)16-13(19)8-5-9-14(20)21-3/h11H,4-9H2,1-3H3,(H,16,19). The Morgan fingerprint density at radius 1 is 1.43 bits per heavy atom. The normalized spacial score (nSPS) is 17.2. The summed E-state index contributed by atoms with van der Waals surface area (Å²) in [5.74, 6) is -0.286. The number of carbonyl (C=O) groups is 2. The Hall–Kier alpha value is -1.85. The van der Waals surface area contributed by atoms with Crippen LogP contribution >= 0.6 is 0 Å². The summed E-state index contributed by atoms with van der Waals surface area (Å²) in [5, 5.41) is 7.53. The Labute approximate surface area is 124 Å². The van der Waals surface area contributed by atoms with Gasteiger partial charge in [0.25, 0.3) is 0 Å². The summed E-state index contributed by atoms with van der Waals surface area (Å²) >= 11 is 0. The Kier molecular flexibility index (Phi) is 4.98. The lowest BCUT2D eigenvalue weighted by Crippen LogP contribution is -2.31. The van der Waals surface area contributed by atoms with Gasteiger partial charge in [0.1, 0.15) is 0 Å². The fraction of sp³-hybridized carbons (Fsp3) is 0.667. The predicted octanol–water partition coefficient (Wildman–Crippen LogP) is 1.57. The van der Waals surface area contributed by atoms with E-state index < -0.39 is 0 Å². The van der Waals surface area contributed by atoms with Gasteiger partial charge in [-0.25, -0.2) is 0 Å². The summed E-state index contributed by atoms with van der Waals surface area (Å²) in [6.45, 7) is 1.99. The van der Waals surface area contributed by atoms with Crippen molar-refractivity contribution < 1.29 is 14.3 Å². The van der Waals surface area contributed by atoms with Crippen LogP contribution in [0.5, 0.6) is 0 Å². The second kappa shape index (κ2) is 6.74. The molecule has 1 aromatic heterocycles. The van der Waals surface area contributed by atoms with Crippen LogP contribution in [0.25, 0.3) is 0 Å². The summed E-state index contributed by atoms with van der Waals surface area (Å²) in [4.78, 5) is 23.0. The van der Waals surface area contributed by atoms with Gasteiger partial charge in [-0.05, 0) is 32.6 Å². The van der Waals surface area contributed by atoms with Crippen molar-refractivity contribution in [3.05, 3.63) is 17.0 Å². The van der Waals surface area contributed by atoms with Gasteiger partial charge in [-0.15, -0.1) is 0 Å². The molecule has 1 aliphatic carbocycles. The molecule has 0 saturated heterocycles. The van der Waals surface area contributed by atoms with E-state index in [1.165, 1.54) is 18.4 Å². The first kappa shape index (κ1) is 15.5. The van der Waals surface area contributed by atoms with Crippen molar-refractivity contribution in [2.24, 2.45) is 7.05 Å². The number of amides is 1. The molecule has 0 radical (unpaired) electrons. The monoisotopic (exact) mass is 293 g/mol. The fourth-order valence-electron chi connectivity index (χ4n) is 3.00. The third-order valence-corrected chi connectivity index (χ3v) is 3.99. The lowest BCUT2D eigenvalue weighted by Gasteiger charge is -2.24. The first-order chi connectivity index (χ1) is 10.0. The minimum atomic E-state index is -0.272. The molecule has 1 unspecified atom stereocenters. The van der Waals surface area contributed by atoms with Crippen LogP contribution in [0.4, 0.5) is 0 Å². The number of aromatic nitrogens is 2. The van der Waals surface area contributed by atoms with Crippen LogP contribution in [0.1, 0.15) is 55.1 Å². The third kappa shape index (κ3) is 3.62. The molecule has 6 heteroatoms. The molecule has 0 fully saturated rings. The van der Waals surface area contributed by atoms with Crippen LogP contribution in [-0.4, -0.2) is 28.8 Å². The number of aryl methyl sites for hydroxylation is 2. The van der Waals surface area contributed by atoms with Crippen molar-refractivity contribution >= 4 is 11.9 Å². The Morgan fingerprint density at radius 3 is 2.90 bits per heavy atom. The fourth-order valence-corrected chi connectivity index (χ4v) is 3.00. The molecule has 0 aliphatic heterocycles. The van der Waals surface area contributed by atoms with Gasteiger partial charge < -0.3 is 10.1 Å². The molecule has 1 heterocycles. The van der Waals surface area contributed by atoms with E-state index in [4.69, 9.17) is 0 Å². The van der Waals surface area contributed by atoms with Gasteiger partial charge in [0, 0.05) is 31.1 Å². The van der Waals surface area contributed by atoms with E-state index in [1.54, 1.807) is 0 Å². The summed E-state index contributed by atoms with van der Waals surface area (Å²) < 4.78 is 6.48. The first-order valence-electron chi connectivity index (χ1n) is 7.41. The average molecular weight is 293 g/mol. The maximum atomic E-state index is 12.0. The molecule has 21 heavy (non-hydrogen) atoms. The van der Waals surface area contributed by atoms with Gasteiger partial charge in [0.15, 0.2) is 0 Å². The molecule has 1 amide bonds. The van der Waals surface area contributed by atoms with E-state index >= 15 is 0 Å². The first-order valence-corrected chi connectivity index (χ1v) is 7.41. The van der Waals surface area contributed by atoms with Gasteiger partial charge in [0.05, 0.1) is 18.8 Å². The minimum Gasteiger partial charge on any atom is -0.469 e. The Balaban J connectivity index is 1.92. The Morgan fingerprint density at radius 2 is 2.19 bits per heavy atom. The highest BCUT2D eigenvalue weighted by molar-refractivity contribution is 5.77. The van der Waals surface area contributed by atoms with E-state index in [2.05, 4.69) is 15.2 Å². The molecule has 0 bridgehead atoms. The number of methoxy groups -OCH3 is 1. The zero-order chi connectivity index (χ0) is 15.4. The van der Waals surface area contributed by atoms with Crippen LogP contribution in [0.15, 0.2) is 0 Å². The summed E-state index contributed by atoms with van der Waals surface area (Å²) in [5.41, 5.74) is 3.38. The van der Waals surface area contributed by atoms with Gasteiger partial charge >= 0.3 is 5.97 Å². The molecule has 6 nitrogen and oxygen atoms in total. The van der Waals surface area contributed by atoms with Gasteiger partial charge in [-0.3, -0.25) is 14.3 Å². The van der Waals surface area contributed by atoms with Crippen molar-refractivity contribution in [1.29, 1.82) is 0 Å².